The van der Waals surface area contributed by atoms with Gasteiger partial charge in [0.2, 0.25) is 11.8 Å². The number of carbonyl (C=O) groups is 3. The highest BCUT2D eigenvalue weighted by molar-refractivity contribution is 6.05. The van der Waals surface area contributed by atoms with Crippen LogP contribution in [0.1, 0.15) is 67.3 Å². The number of amides is 3. The zero-order chi connectivity index (χ0) is 23.2. The molecule has 5 aliphatic rings. The average molecular weight is 468 g/mol. The number of fused-ring (bicyclic) bond motifs is 1. The Bertz CT molecular complexity index is 987. The molecule has 3 atom stereocenters. The molecule has 0 radical (unpaired) electrons. The lowest BCUT2D eigenvalue weighted by Gasteiger charge is -2.48. The van der Waals surface area contributed by atoms with Crippen molar-refractivity contribution in [3.05, 3.63) is 29.3 Å². The van der Waals surface area contributed by atoms with E-state index in [4.69, 9.17) is 9.47 Å². The summed E-state index contributed by atoms with van der Waals surface area (Å²) in [6, 6.07) is 5.48. The van der Waals surface area contributed by atoms with E-state index in [1.165, 1.54) is 25.7 Å². The van der Waals surface area contributed by atoms with Gasteiger partial charge in [0.05, 0.1) is 6.10 Å². The second kappa shape index (κ2) is 8.96. The zero-order valence-corrected chi connectivity index (χ0v) is 19.5. The maximum atomic E-state index is 12.9. The molecule has 0 aromatic heterocycles. The summed E-state index contributed by atoms with van der Waals surface area (Å²) < 4.78 is 12.6. The molecule has 182 valence electrons. The summed E-state index contributed by atoms with van der Waals surface area (Å²) in [4.78, 5) is 40.8. The van der Waals surface area contributed by atoms with Crippen molar-refractivity contribution < 1.29 is 23.9 Å². The minimum Gasteiger partial charge on any atom is -0.489 e. The Morgan fingerprint density at radius 3 is 2.62 bits per heavy atom. The first-order valence-corrected chi connectivity index (χ1v) is 12.8. The maximum absolute atomic E-state index is 12.9. The predicted octanol–water partition coefficient (Wildman–Crippen LogP) is 2.25. The van der Waals surface area contributed by atoms with E-state index in [0.29, 0.717) is 30.7 Å². The molecule has 1 aromatic carbocycles. The lowest BCUT2D eigenvalue weighted by atomic mass is 9.89. The monoisotopic (exact) mass is 467 g/mol. The highest BCUT2D eigenvalue weighted by Gasteiger charge is 2.41. The summed E-state index contributed by atoms with van der Waals surface area (Å²) in [5.74, 6) is 0.788. The van der Waals surface area contributed by atoms with Gasteiger partial charge in [0.25, 0.3) is 5.91 Å². The first kappa shape index (κ1) is 22.0. The van der Waals surface area contributed by atoms with Gasteiger partial charge in [-0.3, -0.25) is 24.6 Å². The Morgan fingerprint density at radius 2 is 1.82 bits per heavy atom. The van der Waals surface area contributed by atoms with E-state index >= 15 is 0 Å². The lowest BCUT2D eigenvalue weighted by molar-refractivity contribution is -0.136. The number of likely N-dealkylation sites (tertiary alicyclic amines) is 1. The van der Waals surface area contributed by atoms with Gasteiger partial charge >= 0.3 is 0 Å². The predicted molar refractivity (Wildman–Crippen MR) is 123 cm³/mol. The van der Waals surface area contributed by atoms with Gasteiger partial charge in [0, 0.05) is 44.3 Å². The van der Waals surface area contributed by atoms with Crippen LogP contribution in [-0.4, -0.2) is 71.5 Å². The number of rotatable bonds is 7. The molecule has 0 bridgehead atoms. The van der Waals surface area contributed by atoms with Crippen molar-refractivity contribution in [2.45, 2.75) is 82.2 Å². The van der Waals surface area contributed by atoms with Gasteiger partial charge in [-0.15, -0.1) is 0 Å². The Kier molecular flexibility index (Phi) is 5.81. The number of carbonyl (C=O) groups excluding carboxylic acids is 3. The number of ether oxygens (including phenoxy) is 2. The molecule has 2 saturated heterocycles. The molecule has 0 spiro atoms. The van der Waals surface area contributed by atoms with Crippen LogP contribution in [0.15, 0.2) is 18.2 Å². The van der Waals surface area contributed by atoms with Crippen LogP contribution in [0, 0.1) is 5.92 Å². The van der Waals surface area contributed by atoms with Crippen molar-refractivity contribution in [2.24, 2.45) is 5.92 Å². The number of hydrogen-bond acceptors (Lipinski definition) is 6. The van der Waals surface area contributed by atoms with Gasteiger partial charge in [-0.1, -0.05) is 6.42 Å². The maximum Gasteiger partial charge on any atom is 0.255 e. The quantitative estimate of drug-likeness (QED) is 0.619. The van der Waals surface area contributed by atoms with Gasteiger partial charge in [0.15, 0.2) is 0 Å². The summed E-state index contributed by atoms with van der Waals surface area (Å²) in [5, 5.41) is 2.35. The molecule has 34 heavy (non-hydrogen) atoms. The molecule has 1 unspecified atom stereocenters. The highest BCUT2D eigenvalue weighted by atomic mass is 16.5. The molecule has 1 N–H and O–H groups in total. The van der Waals surface area contributed by atoms with Crippen LogP contribution in [-0.2, 0) is 20.9 Å². The minimum atomic E-state index is -0.591. The second-order valence-electron chi connectivity index (χ2n) is 10.6. The van der Waals surface area contributed by atoms with Crippen LogP contribution in [0.5, 0.6) is 5.75 Å². The van der Waals surface area contributed by atoms with Crippen LogP contribution in [0.25, 0.3) is 0 Å². The number of benzene rings is 1. The SMILES string of the molecule is O=C1CCC(N2Cc3cc(O[C@@H]4CCCC[C@@H]4N4CC(OCC5CC5)C4)ccc3C2=O)C(=O)N1. The molecule has 8 nitrogen and oxygen atoms in total. The summed E-state index contributed by atoms with van der Waals surface area (Å²) in [7, 11) is 0. The topological polar surface area (TPSA) is 88.2 Å². The number of imide groups is 1. The van der Waals surface area contributed by atoms with Crippen LogP contribution in [0.2, 0.25) is 0 Å². The van der Waals surface area contributed by atoms with Crippen molar-refractivity contribution in [2.75, 3.05) is 19.7 Å². The van der Waals surface area contributed by atoms with Crippen LogP contribution < -0.4 is 10.1 Å². The number of nitrogens with zero attached hydrogens (tertiary/aromatic N) is 2. The first-order chi connectivity index (χ1) is 16.5. The van der Waals surface area contributed by atoms with Gasteiger partial charge < -0.3 is 14.4 Å². The Balaban J connectivity index is 1.09. The molecule has 4 fully saturated rings. The lowest BCUT2D eigenvalue weighted by Crippen LogP contribution is -2.61. The number of nitrogens with one attached hydrogen (secondary N) is 1. The van der Waals surface area contributed by atoms with Crippen molar-refractivity contribution in [1.29, 1.82) is 0 Å². The highest BCUT2D eigenvalue weighted by Crippen LogP contribution is 2.35. The number of piperidine rings is 1. The van der Waals surface area contributed by atoms with Gasteiger partial charge in [-0.2, -0.15) is 0 Å². The summed E-state index contributed by atoms with van der Waals surface area (Å²) in [6.07, 6.45) is 8.37. The van der Waals surface area contributed by atoms with E-state index in [2.05, 4.69) is 10.2 Å². The van der Waals surface area contributed by atoms with E-state index < -0.39 is 6.04 Å². The molecule has 8 heteroatoms. The van der Waals surface area contributed by atoms with Crippen LogP contribution >= 0.6 is 0 Å². The van der Waals surface area contributed by atoms with Crippen LogP contribution in [0.4, 0.5) is 0 Å². The van der Waals surface area contributed by atoms with Gasteiger partial charge in [0.1, 0.15) is 17.9 Å². The normalized spacial score (nSPS) is 30.2. The van der Waals surface area contributed by atoms with Crippen molar-refractivity contribution in [3.8, 4) is 5.75 Å². The van der Waals surface area contributed by atoms with E-state index in [-0.39, 0.29) is 30.2 Å². The molecule has 1 aromatic rings. The second-order valence-corrected chi connectivity index (χ2v) is 10.6. The van der Waals surface area contributed by atoms with E-state index in [1.54, 1.807) is 4.90 Å². The third-order valence-electron chi connectivity index (χ3n) is 8.06. The molecular weight excluding hydrogens is 434 g/mol. The molecular formula is C26H33N3O5. The van der Waals surface area contributed by atoms with E-state index in [1.807, 2.05) is 18.2 Å². The zero-order valence-electron chi connectivity index (χ0n) is 19.5. The third-order valence-corrected chi connectivity index (χ3v) is 8.06. The molecule has 3 amide bonds. The smallest absolute Gasteiger partial charge is 0.255 e. The fourth-order valence-corrected chi connectivity index (χ4v) is 5.83. The van der Waals surface area contributed by atoms with Gasteiger partial charge in [-0.25, -0.2) is 0 Å². The van der Waals surface area contributed by atoms with Crippen molar-refractivity contribution >= 4 is 17.7 Å². The Hall–Kier alpha value is -2.45. The molecule has 6 rings (SSSR count). The fraction of sp³-hybridized carbons (Fsp3) is 0.654. The number of hydrogen-bond donors (Lipinski definition) is 1. The molecule has 2 aliphatic carbocycles. The average Bonchev–Trinajstić information content (AvgIpc) is 3.57. The molecule has 3 aliphatic heterocycles. The summed E-state index contributed by atoms with van der Waals surface area (Å²) in [6.45, 7) is 3.29. The first-order valence-electron chi connectivity index (χ1n) is 12.8. The minimum absolute atomic E-state index is 0.138. The van der Waals surface area contributed by atoms with Gasteiger partial charge in [-0.05, 0) is 68.2 Å². The van der Waals surface area contributed by atoms with Crippen LogP contribution in [0.3, 0.4) is 0 Å². The largest absolute Gasteiger partial charge is 0.489 e. The standard InChI is InChI=1S/C26H33N3O5/c30-24-10-9-22(25(31)27-24)29-12-17-11-18(7-8-20(17)26(29)32)34-23-4-2-1-3-21(23)28-13-19(14-28)33-15-16-5-6-16/h7-8,11,16,19,21-23H,1-6,9-10,12-15H2,(H,27,30,31)/t21-,22?,23+/m0/s1. The van der Waals surface area contributed by atoms with Crippen molar-refractivity contribution in [3.63, 3.8) is 0 Å². The Labute approximate surface area is 199 Å². The molecule has 3 heterocycles. The fourth-order valence-electron chi connectivity index (χ4n) is 5.83. The summed E-state index contributed by atoms with van der Waals surface area (Å²) >= 11 is 0. The third kappa shape index (κ3) is 4.33. The van der Waals surface area contributed by atoms with Crippen molar-refractivity contribution in [1.82, 2.24) is 15.1 Å². The molecule has 2 saturated carbocycles. The summed E-state index contributed by atoms with van der Waals surface area (Å²) in [5.41, 5.74) is 1.51. The Morgan fingerprint density at radius 1 is 1.00 bits per heavy atom. The van der Waals surface area contributed by atoms with E-state index in [0.717, 1.165) is 49.8 Å². The van der Waals surface area contributed by atoms with E-state index in [9.17, 15) is 14.4 Å².